The number of carbonyl (C=O) groups excluding carboxylic acids is 1. The molecule has 7 nitrogen and oxygen atoms in total. The molecule has 0 aliphatic heterocycles. The monoisotopic (exact) mass is 424 g/mol. The Kier molecular flexibility index (Phi) is 6.17. The van der Waals surface area contributed by atoms with Crippen LogP contribution in [-0.2, 0) is 10.0 Å². The molecule has 1 aromatic heterocycles. The summed E-state index contributed by atoms with van der Waals surface area (Å²) in [6.45, 7) is 7.71. The molecular formula is C22H24N4O3S. The number of hydrogen-bond donors (Lipinski definition) is 2. The van der Waals surface area contributed by atoms with Crippen LogP contribution in [0, 0.1) is 13.8 Å². The SMILES string of the molecule is Cc1cc(C)nc(NS(=O)(=O)c2ccc(NC(=O)c3ccc(C(C)C)cc3)cc2)n1. The van der Waals surface area contributed by atoms with Gasteiger partial charge in [0, 0.05) is 22.6 Å². The van der Waals surface area contributed by atoms with Gasteiger partial charge >= 0.3 is 0 Å². The zero-order chi connectivity index (χ0) is 21.9. The molecule has 1 heterocycles. The minimum Gasteiger partial charge on any atom is -0.322 e. The van der Waals surface area contributed by atoms with Gasteiger partial charge < -0.3 is 5.32 Å². The van der Waals surface area contributed by atoms with Crippen LogP contribution in [0.3, 0.4) is 0 Å². The summed E-state index contributed by atoms with van der Waals surface area (Å²) in [5, 5.41) is 2.77. The molecule has 0 radical (unpaired) electrons. The Labute approximate surface area is 176 Å². The van der Waals surface area contributed by atoms with E-state index in [9.17, 15) is 13.2 Å². The van der Waals surface area contributed by atoms with Gasteiger partial charge in [-0.05, 0) is 67.8 Å². The Morgan fingerprint density at radius 2 is 1.47 bits per heavy atom. The minimum absolute atomic E-state index is 0.0229. The fourth-order valence-electron chi connectivity index (χ4n) is 2.89. The van der Waals surface area contributed by atoms with Gasteiger partial charge in [0.25, 0.3) is 15.9 Å². The minimum atomic E-state index is -3.84. The van der Waals surface area contributed by atoms with Crippen molar-refractivity contribution in [1.82, 2.24) is 9.97 Å². The topological polar surface area (TPSA) is 101 Å². The first-order chi connectivity index (χ1) is 14.1. The predicted molar refractivity (Wildman–Crippen MR) is 117 cm³/mol. The summed E-state index contributed by atoms with van der Waals surface area (Å²) in [7, 11) is -3.84. The van der Waals surface area contributed by atoms with E-state index in [1.165, 1.54) is 24.3 Å². The molecule has 8 heteroatoms. The van der Waals surface area contributed by atoms with Gasteiger partial charge in [-0.25, -0.2) is 23.1 Å². The molecule has 0 saturated carbocycles. The zero-order valence-electron chi connectivity index (χ0n) is 17.3. The van der Waals surface area contributed by atoms with Gasteiger partial charge in [-0.2, -0.15) is 0 Å². The number of carbonyl (C=O) groups is 1. The standard InChI is InChI=1S/C22H24N4O3S/c1-14(2)17-5-7-18(8-6-17)21(27)25-19-9-11-20(12-10-19)30(28,29)26-22-23-15(3)13-16(4)24-22/h5-14H,1-4H3,(H,25,27)(H,23,24,26). The second-order valence-corrected chi connectivity index (χ2v) is 9.02. The Hall–Kier alpha value is -3.26. The van der Waals surface area contributed by atoms with E-state index in [1.54, 1.807) is 32.0 Å². The molecule has 156 valence electrons. The lowest BCUT2D eigenvalue weighted by atomic mass is 10.0. The molecular weight excluding hydrogens is 400 g/mol. The van der Waals surface area contributed by atoms with Crippen LogP contribution < -0.4 is 10.0 Å². The number of nitrogens with one attached hydrogen (secondary N) is 2. The van der Waals surface area contributed by atoms with Gasteiger partial charge in [-0.15, -0.1) is 0 Å². The van der Waals surface area contributed by atoms with E-state index >= 15 is 0 Å². The number of benzene rings is 2. The molecule has 0 atom stereocenters. The van der Waals surface area contributed by atoms with Crippen molar-refractivity contribution in [3.63, 3.8) is 0 Å². The summed E-state index contributed by atoms with van der Waals surface area (Å²) in [5.74, 6) is 0.150. The predicted octanol–water partition coefficient (Wildman–Crippen LogP) is 4.27. The highest BCUT2D eigenvalue weighted by Crippen LogP contribution is 2.19. The van der Waals surface area contributed by atoms with Crippen molar-refractivity contribution in [2.75, 3.05) is 10.0 Å². The van der Waals surface area contributed by atoms with Crippen LogP contribution in [0.2, 0.25) is 0 Å². The molecule has 0 spiro atoms. The maximum Gasteiger partial charge on any atom is 0.264 e. The lowest BCUT2D eigenvalue weighted by molar-refractivity contribution is 0.102. The summed E-state index contributed by atoms with van der Waals surface area (Å²) in [6.07, 6.45) is 0. The van der Waals surface area contributed by atoms with Crippen LogP contribution >= 0.6 is 0 Å². The Morgan fingerprint density at radius 3 is 2.00 bits per heavy atom. The van der Waals surface area contributed by atoms with E-state index in [1.807, 2.05) is 12.1 Å². The third-order valence-corrected chi connectivity index (χ3v) is 5.81. The van der Waals surface area contributed by atoms with Gasteiger partial charge in [0.1, 0.15) is 0 Å². The van der Waals surface area contributed by atoms with Crippen LogP contribution in [-0.4, -0.2) is 24.3 Å². The molecule has 0 fully saturated rings. The van der Waals surface area contributed by atoms with Crippen LogP contribution in [0.5, 0.6) is 0 Å². The fourth-order valence-corrected chi connectivity index (χ4v) is 3.83. The molecule has 3 aromatic rings. The molecule has 0 unspecified atom stereocenters. The molecule has 0 bridgehead atoms. The Balaban J connectivity index is 1.71. The number of aryl methyl sites for hydroxylation is 2. The van der Waals surface area contributed by atoms with E-state index < -0.39 is 10.0 Å². The van der Waals surface area contributed by atoms with Crippen LogP contribution in [0.25, 0.3) is 0 Å². The summed E-state index contributed by atoms with van der Waals surface area (Å²) >= 11 is 0. The second-order valence-electron chi connectivity index (χ2n) is 7.34. The molecule has 1 amide bonds. The highest BCUT2D eigenvalue weighted by atomic mass is 32.2. The van der Waals surface area contributed by atoms with E-state index in [2.05, 4.69) is 33.9 Å². The number of nitrogens with zero attached hydrogens (tertiary/aromatic N) is 2. The number of amides is 1. The number of sulfonamides is 1. The van der Waals surface area contributed by atoms with E-state index in [4.69, 9.17) is 0 Å². The maximum atomic E-state index is 12.6. The van der Waals surface area contributed by atoms with Crippen LogP contribution in [0.4, 0.5) is 11.6 Å². The van der Waals surface area contributed by atoms with Gasteiger partial charge in [0.2, 0.25) is 5.95 Å². The van der Waals surface area contributed by atoms with E-state index in [-0.39, 0.29) is 16.8 Å². The average molecular weight is 425 g/mol. The van der Waals surface area contributed by atoms with Crippen LogP contribution in [0.1, 0.15) is 47.1 Å². The van der Waals surface area contributed by atoms with Crippen molar-refractivity contribution >= 4 is 27.6 Å². The molecule has 0 saturated heterocycles. The van der Waals surface area contributed by atoms with Crippen molar-refractivity contribution in [3.05, 3.63) is 77.1 Å². The van der Waals surface area contributed by atoms with Crippen molar-refractivity contribution < 1.29 is 13.2 Å². The maximum absolute atomic E-state index is 12.6. The third kappa shape index (κ3) is 5.21. The number of hydrogen-bond acceptors (Lipinski definition) is 5. The average Bonchev–Trinajstić information content (AvgIpc) is 2.67. The van der Waals surface area contributed by atoms with Crippen molar-refractivity contribution in [2.45, 2.75) is 38.5 Å². The fraction of sp³-hybridized carbons (Fsp3) is 0.227. The normalized spacial score (nSPS) is 11.4. The Bertz CT molecular complexity index is 1140. The number of aromatic nitrogens is 2. The van der Waals surface area contributed by atoms with Crippen LogP contribution in [0.15, 0.2) is 59.5 Å². The summed E-state index contributed by atoms with van der Waals surface area (Å²) in [5.41, 5.74) is 3.51. The van der Waals surface area contributed by atoms with Crippen molar-refractivity contribution in [2.24, 2.45) is 0 Å². The summed E-state index contributed by atoms with van der Waals surface area (Å²) in [6, 6.07) is 15.1. The first kappa shape index (κ1) is 21.4. The molecule has 0 aliphatic carbocycles. The first-order valence-corrected chi connectivity index (χ1v) is 11.0. The van der Waals surface area contributed by atoms with Crippen molar-refractivity contribution in [3.8, 4) is 0 Å². The molecule has 3 rings (SSSR count). The largest absolute Gasteiger partial charge is 0.322 e. The number of anilines is 2. The van der Waals surface area contributed by atoms with Gasteiger partial charge in [-0.3, -0.25) is 4.79 Å². The Morgan fingerprint density at radius 1 is 0.900 bits per heavy atom. The van der Waals surface area contributed by atoms with E-state index in [0.29, 0.717) is 28.6 Å². The van der Waals surface area contributed by atoms with Gasteiger partial charge in [0.15, 0.2) is 0 Å². The second kappa shape index (κ2) is 8.62. The molecule has 0 aliphatic rings. The van der Waals surface area contributed by atoms with Gasteiger partial charge in [0.05, 0.1) is 4.90 Å². The molecule has 30 heavy (non-hydrogen) atoms. The summed E-state index contributed by atoms with van der Waals surface area (Å²) < 4.78 is 27.6. The number of rotatable bonds is 6. The third-order valence-electron chi connectivity index (χ3n) is 4.47. The highest BCUT2D eigenvalue weighted by Gasteiger charge is 2.16. The van der Waals surface area contributed by atoms with Crippen molar-refractivity contribution in [1.29, 1.82) is 0 Å². The highest BCUT2D eigenvalue weighted by molar-refractivity contribution is 7.92. The molecule has 2 aromatic carbocycles. The lowest BCUT2D eigenvalue weighted by Crippen LogP contribution is -2.16. The van der Waals surface area contributed by atoms with Gasteiger partial charge in [-0.1, -0.05) is 26.0 Å². The quantitative estimate of drug-likeness (QED) is 0.615. The van der Waals surface area contributed by atoms with E-state index in [0.717, 1.165) is 5.56 Å². The smallest absolute Gasteiger partial charge is 0.264 e. The lowest BCUT2D eigenvalue weighted by Gasteiger charge is -2.10. The first-order valence-electron chi connectivity index (χ1n) is 9.50. The molecule has 2 N–H and O–H groups in total. The zero-order valence-corrected chi connectivity index (χ0v) is 18.1. The summed E-state index contributed by atoms with van der Waals surface area (Å²) in [4.78, 5) is 20.7.